The number of fused-ring (bicyclic) bond motifs is 27. The van der Waals surface area contributed by atoms with Crippen molar-refractivity contribution in [2.24, 2.45) is 0 Å². The van der Waals surface area contributed by atoms with Crippen molar-refractivity contribution in [2.75, 3.05) is 0 Å². The van der Waals surface area contributed by atoms with Gasteiger partial charge in [0.25, 0.3) is 0 Å². The zero-order chi connectivity index (χ0) is 44.9. The van der Waals surface area contributed by atoms with E-state index in [4.69, 9.17) is 15.0 Å². The Morgan fingerprint density at radius 1 is 0.232 bits per heavy atom. The SMILES string of the molecule is c1ccc(-c2ccc3c(c2)c2c4c(c5cc(-c6ccccc6)ccc5c5nc6ccccc6n54)c4c(c5cc(-c6ccccc6)ccc5c5nc6ccccc6n54)c2n2c4ccccc4nc32)cc1. The van der Waals surface area contributed by atoms with E-state index in [0.717, 1.165) is 148 Å². The molecule has 0 radical (unpaired) electrons. The molecule has 6 aromatic heterocycles. The Bertz CT molecular complexity index is 4350. The molecule has 0 bridgehead atoms. The molecule has 16 aromatic rings. The largest absolute Gasteiger partial charge is 0.291 e. The zero-order valence-corrected chi connectivity index (χ0v) is 37.0. The highest BCUT2D eigenvalue weighted by atomic mass is 15.1. The van der Waals surface area contributed by atoms with E-state index in [0.29, 0.717) is 0 Å². The Balaban J connectivity index is 1.32. The molecule has 6 heterocycles. The average molecular weight is 877 g/mol. The van der Waals surface area contributed by atoms with Crippen LogP contribution in [-0.2, 0) is 0 Å². The van der Waals surface area contributed by atoms with Gasteiger partial charge in [0.1, 0.15) is 16.9 Å². The Labute approximate surface area is 393 Å². The molecule has 0 aliphatic rings. The van der Waals surface area contributed by atoms with Gasteiger partial charge in [-0.1, -0.05) is 146 Å². The minimum atomic E-state index is 0.917. The van der Waals surface area contributed by atoms with Gasteiger partial charge in [0.2, 0.25) is 0 Å². The van der Waals surface area contributed by atoms with E-state index in [1.165, 1.54) is 0 Å². The fourth-order valence-electron chi connectivity index (χ4n) is 11.7. The first-order chi connectivity index (χ1) is 34.2. The molecule has 16 rings (SSSR count). The van der Waals surface area contributed by atoms with Crippen molar-refractivity contribution in [3.8, 4) is 33.4 Å². The van der Waals surface area contributed by atoms with Crippen molar-refractivity contribution in [2.45, 2.75) is 0 Å². The van der Waals surface area contributed by atoms with Gasteiger partial charge in [0.05, 0.1) is 49.7 Å². The van der Waals surface area contributed by atoms with Crippen LogP contribution in [0.15, 0.2) is 218 Å². The summed E-state index contributed by atoms with van der Waals surface area (Å²) in [4.78, 5) is 16.7. The summed E-state index contributed by atoms with van der Waals surface area (Å²) >= 11 is 0. The van der Waals surface area contributed by atoms with Crippen LogP contribution in [0.1, 0.15) is 0 Å². The van der Waals surface area contributed by atoms with Gasteiger partial charge in [0.15, 0.2) is 0 Å². The summed E-state index contributed by atoms with van der Waals surface area (Å²) in [5, 5.41) is 10.0. The normalized spacial score (nSPS) is 12.3. The molecular formula is C63H36N6. The van der Waals surface area contributed by atoms with Gasteiger partial charge in [-0.15, -0.1) is 0 Å². The van der Waals surface area contributed by atoms with Crippen LogP contribution in [0.5, 0.6) is 0 Å². The summed E-state index contributed by atoms with van der Waals surface area (Å²) in [6.07, 6.45) is 0. The van der Waals surface area contributed by atoms with Gasteiger partial charge in [-0.05, 0) is 122 Å². The van der Waals surface area contributed by atoms with Crippen LogP contribution in [0.2, 0.25) is 0 Å². The predicted molar refractivity (Wildman–Crippen MR) is 287 cm³/mol. The third-order valence-electron chi connectivity index (χ3n) is 14.7. The van der Waals surface area contributed by atoms with Crippen LogP contribution < -0.4 is 0 Å². The highest BCUT2D eigenvalue weighted by Crippen LogP contribution is 2.50. The zero-order valence-electron chi connectivity index (χ0n) is 37.0. The molecule has 10 aromatic carbocycles. The van der Waals surface area contributed by atoms with Crippen molar-refractivity contribution in [3.63, 3.8) is 0 Å². The molecule has 6 heteroatoms. The van der Waals surface area contributed by atoms with E-state index in [1.54, 1.807) is 0 Å². The Hall–Kier alpha value is -9.39. The van der Waals surface area contributed by atoms with Gasteiger partial charge in [-0.25, -0.2) is 15.0 Å². The molecular weight excluding hydrogens is 841 g/mol. The van der Waals surface area contributed by atoms with Crippen LogP contribution in [0, 0.1) is 0 Å². The molecule has 0 spiro atoms. The van der Waals surface area contributed by atoms with Gasteiger partial charge in [0, 0.05) is 32.3 Å². The number of imidazole rings is 3. The molecule has 0 saturated carbocycles. The minimum Gasteiger partial charge on any atom is -0.291 e. The quantitative estimate of drug-likeness (QED) is 0.166. The van der Waals surface area contributed by atoms with E-state index in [9.17, 15) is 0 Å². The van der Waals surface area contributed by atoms with Crippen LogP contribution in [0.25, 0.3) is 148 Å². The molecule has 0 aliphatic carbocycles. The molecule has 0 N–H and O–H groups in total. The second-order valence-electron chi connectivity index (χ2n) is 18.3. The van der Waals surface area contributed by atoms with Crippen LogP contribution in [0.4, 0.5) is 0 Å². The third kappa shape index (κ3) is 4.96. The summed E-state index contributed by atoms with van der Waals surface area (Å²) in [6.45, 7) is 0. The highest BCUT2D eigenvalue weighted by molar-refractivity contribution is 6.41. The molecule has 69 heavy (non-hydrogen) atoms. The van der Waals surface area contributed by atoms with Crippen molar-refractivity contribution in [3.05, 3.63) is 218 Å². The number of hydrogen-bond donors (Lipinski definition) is 0. The molecule has 0 fully saturated rings. The van der Waals surface area contributed by atoms with Gasteiger partial charge in [-0.2, -0.15) is 0 Å². The first-order valence-corrected chi connectivity index (χ1v) is 23.5. The number of aromatic nitrogens is 6. The maximum absolute atomic E-state index is 5.55. The van der Waals surface area contributed by atoms with Gasteiger partial charge < -0.3 is 0 Å². The topological polar surface area (TPSA) is 51.9 Å². The average Bonchev–Trinajstić information content (AvgIpc) is 4.13. The molecule has 6 nitrogen and oxygen atoms in total. The molecule has 0 atom stereocenters. The molecule has 0 saturated heterocycles. The fraction of sp³-hybridized carbons (Fsp3) is 0. The Morgan fingerprint density at radius 3 is 0.812 bits per heavy atom. The lowest BCUT2D eigenvalue weighted by atomic mass is 9.90. The van der Waals surface area contributed by atoms with Crippen molar-refractivity contribution < 1.29 is 0 Å². The smallest absolute Gasteiger partial charge is 0.146 e. The van der Waals surface area contributed by atoms with Crippen LogP contribution >= 0.6 is 0 Å². The molecule has 0 amide bonds. The lowest BCUT2D eigenvalue weighted by molar-refractivity contribution is 1.29. The molecule has 0 aliphatic heterocycles. The summed E-state index contributed by atoms with van der Waals surface area (Å²) in [6, 6.07) is 79.0. The maximum Gasteiger partial charge on any atom is 0.146 e. The van der Waals surface area contributed by atoms with E-state index >= 15 is 0 Å². The summed E-state index contributed by atoms with van der Waals surface area (Å²) < 4.78 is 7.39. The van der Waals surface area contributed by atoms with Gasteiger partial charge in [-0.3, -0.25) is 13.2 Å². The Kier molecular flexibility index (Phi) is 7.25. The molecule has 0 unspecified atom stereocenters. The number of para-hydroxylation sites is 6. The van der Waals surface area contributed by atoms with E-state index in [1.807, 2.05) is 0 Å². The minimum absolute atomic E-state index is 0.917. The number of nitrogens with zero attached hydrogens (tertiary/aromatic N) is 6. The number of benzene rings is 10. The van der Waals surface area contributed by atoms with Crippen molar-refractivity contribution >= 4 is 115 Å². The third-order valence-corrected chi connectivity index (χ3v) is 14.7. The fourth-order valence-corrected chi connectivity index (χ4v) is 11.7. The second-order valence-corrected chi connectivity index (χ2v) is 18.3. The molecule has 318 valence electrons. The second kappa shape index (κ2) is 13.6. The van der Waals surface area contributed by atoms with E-state index in [-0.39, 0.29) is 0 Å². The first kappa shape index (κ1) is 36.8. The number of pyridine rings is 3. The summed E-state index contributed by atoms with van der Waals surface area (Å²) in [5.41, 5.74) is 18.9. The van der Waals surface area contributed by atoms with Crippen LogP contribution in [-0.4, -0.2) is 28.2 Å². The number of rotatable bonds is 3. The van der Waals surface area contributed by atoms with E-state index in [2.05, 4.69) is 232 Å². The Morgan fingerprint density at radius 2 is 0.507 bits per heavy atom. The first-order valence-electron chi connectivity index (χ1n) is 23.5. The van der Waals surface area contributed by atoms with Crippen molar-refractivity contribution in [1.29, 1.82) is 0 Å². The van der Waals surface area contributed by atoms with Gasteiger partial charge >= 0.3 is 0 Å². The number of hydrogen-bond acceptors (Lipinski definition) is 3. The van der Waals surface area contributed by atoms with Crippen LogP contribution in [0.3, 0.4) is 0 Å². The monoisotopic (exact) mass is 876 g/mol. The lowest BCUT2D eigenvalue weighted by Crippen LogP contribution is -2.03. The highest BCUT2D eigenvalue weighted by Gasteiger charge is 2.28. The maximum atomic E-state index is 5.55. The lowest BCUT2D eigenvalue weighted by Gasteiger charge is -2.22. The summed E-state index contributed by atoms with van der Waals surface area (Å²) in [7, 11) is 0. The summed E-state index contributed by atoms with van der Waals surface area (Å²) in [5.74, 6) is 0. The van der Waals surface area contributed by atoms with Crippen molar-refractivity contribution in [1.82, 2.24) is 28.2 Å². The standard InChI is InChI=1S/C63H36N6/c1-4-16-37(17-5-1)40-28-31-43-46(34-40)55-58(67-52-25-13-10-22-49(52)64-61(43)67)56-48-36-42(39-20-8-3-9-21-39)30-33-45(48)63-66-51-24-12-15-27-54(51)69(63)60(56)57-47-35-41(38-18-6-2-7-19-38)29-32-44(47)62-65-50-23-11-14-26-53(50)68(62)59(55)57/h1-36H. The van der Waals surface area contributed by atoms with E-state index < -0.39 is 0 Å². The predicted octanol–water partition coefficient (Wildman–Crippen LogP) is 16.0.